The summed E-state index contributed by atoms with van der Waals surface area (Å²) in [6, 6.07) is 0. The molecule has 1 atom stereocenters. The number of rotatable bonds is 10. The number of esters is 1. The fourth-order valence-electron chi connectivity index (χ4n) is 1.35. The first-order valence-corrected chi connectivity index (χ1v) is 8.70. The smallest absolute Gasteiger partial charge is 0.427 e. The SMILES string of the molecule is CCOP(=O)(NC(SCC(=O)O)(C(=O)OC)C(F)(F)F)OCC. The van der Waals surface area contributed by atoms with E-state index in [1.54, 1.807) is 0 Å². The molecule has 0 saturated carbocycles. The molecule has 2 N–H and O–H groups in total. The highest BCUT2D eigenvalue weighted by molar-refractivity contribution is 8.02. The van der Waals surface area contributed by atoms with Crippen LogP contribution in [0.15, 0.2) is 0 Å². The number of carboxylic acids is 1. The Morgan fingerprint density at radius 3 is 2.00 bits per heavy atom. The van der Waals surface area contributed by atoms with Crippen molar-refractivity contribution in [3.05, 3.63) is 0 Å². The molecule has 0 aliphatic heterocycles. The van der Waals surface area contributed by atoms with Crippen LogP contribution < -0.4 is 5.09 Å². The summed E-state index contributed by atoms with van der Waals surface area (Å²) in [6.45, 7) is 2.16. The summed E-state index contributed by atoms with van der Waals surface area (Å²) in [5, 5.41) is 10.1. The van der Waals surface area contributed by atoms with Gasteiger partial charge in [0.1, 0.15) is 0 Å². The van der Waals surface area contributed by atoms with Crippen LogP contribution in [-0.2, 0) is 27.9 Å². The summed E-state index contributed by atoms with van der Waals surface area (Å²) in [5.41, 5.74) is 0. The number of carboxylic acid groups (broad SMARTS) is 1. The van der Waals surface area contributed by atoms with Gasteiger partial charge < -0.3 is 9.84 Å². The lowest BCUT2D eigenvalue weighted by Gasteiger charge is -2.34. The number of hydrogen-bond donors (Lipinski definition) is 2. The van der Waals surface area contributed by atoms with E-state index in [0.717, 1.165) is 0 Å². The van der Waals surface area contributed by atoms with E-state index in [1.807, 2.05) is 0 Å². The fourth-order valence-corrected chi connectivity index (χ4v) is 4.13. The van der Waals surface area contributed by atoms with Gasteiger partial charge in [0.25, 0.3) is 4.87 Å². The minimum absolute atomic E-state index is 0.275. The summed E-state index contributed by atoms with van der Waals surface area (Å²) in [4.78, 5) is 18.7. The molecule has 0 aliphatic rings. The van der Waals surface area contributed by atoms with Crippen LogP contribution in [0.25, 0.3) is 0 Å². The molecule has 13 heteroatoms. The van der Waals surface area contributed by atoms with E-state index in [9.17, 15) is 27.3 Å². The van der Waals surface area contributed by atoms with Crippen molar-refractivity contribution in [2.45, 2.75) is 24.9 Å². The summed E-state index contributed by atoms with van der Waals surface area (Å²) in [6.07, 6.45) is -5.34. The number of alkyl halides is 3. The Bertz CT molecular complexity index is 466. The van der Waals surface area contributed by atoms with Crippen LogP contribution in [0.3, 0.4) is 0 Å². The molecule has 23 heavy (non-hydrogen) atoms. The van der Waals surface area contributed by atoms with Gasteiger partial charge in [0.15, 0.2) is 0 Å². The van der Waals surface area contributed by atoms with Crippen LogP contribution in [0.2, 0.25) is 0 Å². The predicted octanol–water partition coefficient (Wildman–Crippen LogP) is 2.01. The zero-order valence-corrected chi connectivity index (χ0v) is 14.2. The van der Waals surface area contributed by atoms with Gasteiger partial charge in [-0.1, -0.05) is 0 Å². The molecular formula is C10H17F3NO7PS. The summed E-state index contributed by atoms with van der Waals surface area (Å²) < 4.78 is 66.2. The fraction of sp³-hybridized carbons (Fsp3) is 0.800. The summed E-state index contributed by atoms with van der Waals surface area (Å²) in [7, 11) is -3.87. The lowest BCUT2D eigenvalue weighted by Crippen LogP contribution is -2.59. The van der Waals surface area contributed by atoms with E-state index in [2.05, 4.69) is 13.8 Å². The number of halogens is 3. The number of methoxy groups -OCH3 is 1. The first-order chi connectivity index (χ1) is 10.5. The molecule has 0 saturated heterocycles. The maximum atomic E-state index is 13.5. The van der Waals surface area contributed by atoms with Crippen molar-refractivity contribution in [1.82, 2.24) is 5.09 Å². The minimum Gasteiger partial charge on any atom is -0.481 e. The van der Waals surface area contributed by atoms with Crippen molar-refractivity contribution in [1.29, 1.82) is 0 Å². The van der Waals surface area contributed by atoms with E-state index in [1.165, 1.54) is 18.9 Å². The second kappa shape index (κ2) is 8.88. The van der Waals surface area contributed by atoms with E-state index in [-0.39, 0.29) is 25.0 Å². The van der Waals surface area contributed by atoms with Crippen molar-refractivity contribution in [2.75, 3.05) is 26.1 Å². The van der Waals surface area contributed by atoms with Crippen molar-refractivity contribution < 1.29 is 46.2 Å². The zero-order chi connectivity index (χ0) is 18.3. The predicted molar refractivity (Wildman–Crippen MR) is 74.9 cm³/mol. The Hall–Kier alpha value is -0.810. The average molecular weight is 383 g/mol. The third kappa shape index (κ3) is 5.96. The zero-order valence-electron chi connectivity index (χ0n) is 12.5. The Kier molecular flexibility index (Phi) is 8.57. The quantitative estimate of drug-likeness (QED) is 0.332. The van der Waals surface area contributed by atoms with E-state index < -0.39 is 36.5 Å². The largest absolute Gasteiger partial charge is 0.481 e. The molecule has 0 aromatic carbocycles. The molecular weight excluding hydrogens is 366 g/mol. The second-order valence-electron chi connectivity index (χ2n) is 3.80. The molecule has 1 unspecified atom stereocenters. The van der Waals surface area contributed by atoms with Crippen molar-refractivity contribution in [2.24, 2.45) is 0 Å². The highest BCUT2D eigenvalue weighted by Crippen LogP contribution is 2.52. The normalized spacial score (nSPS) is 15.0. The van der Waals surface area contributed by atoms with Gasteiger partial charge in [-0.05, 0) is 13.8 Å². The Balaban J connectivity index is 5.92. The molecule has 0 fully saturated rings. The number of nitrogens with one attached hydrogen (secondary N) is 1. The first kappa shape index (κ1) is 22.2. The number of carbonyl (C=O) groups is 2. The van der Waals surface area contributed by atoms with Gasteiger partial charge in [0, 0.05) is 0 Å². The van der Waals surface area contributed by atoms with E-state index in [0.29, 0.717) is 7.11 Å². The van der Waals surface area contributed by atoms with Crippen LogP contribution in [0, 0.1) is 0 Å². The van der Waals surface area contributed by atoms with Crippen LogP contribution in [0.4, 0.5) is 13.2 Å². The Morgan fingerprint density at radius 2 is 1.70 bits per heavy atom. The number of carbonyl (C=O) groups excluding carboxylic acids is 1. The summed E-state index contributed by atoms with van der Waals surface area (Å²) in [5.74, 6) is -4.60. The van der Waals surface area contributed by atoms with Crippen LogP contribution in [0.1, 0.15) is 13.8 Å². The van der Waals surface area contributed by atoms with E-state index >= 15 is 0 Å². The molecule has 0 amide bonds. The monoisotopic (exact) mass is 383 g/mol. The minimum atomic E-state index is -5.34. The number of aliphatic carboxylic acids is 1. The molecule has 0 aromatic rings. The highest BCUT2D eigenvalue weighted by Gasteiger charge is 2.65. The van der Waals surface area contributed by atoms with Gasteiger partial charge in [0.05, 0.1) is 26.1 Å². The van der Waals surface area contributed by atoms with Crippen molar-refractivity contribution in [3.8, 4) is 0 Å². The van der Waals surface area contributed by atoms with E-state index in [4.69, 9.17) is 5.11 Å². The molecule has 0 rings (SSSR count). The standard InChI is InChI=1S/C10H17F3NO7PS/c1-4-20-22(18,21-5-2)14-9(8(17)19-3,10(11,12)13)23-6-7(15)16/h4-6H2,1-3H3,(H,14,18)(H,15,16). The average Bonchev–Trinajstić information content (AvgIpc) is 2.41. The molecule has 0 aromatic heterocycles. The Labute approximate surface area is 134 Å². The second-order valence-corrected chi connectivity index (χ2v) is 6.72. The Morgan fingerprint density at radius 1 is 1.22 bits per heavy atom. The maximum absolute atomic E-state index is 13.5. The lowest BCUT2D eigenvalue weighted by atomic mass is 10.3. The maximum Gasteiger partial charge on any atom is 0.427 e. The van der Waals surface area contributed by atoms with Crippen LogP contribution in [-0.4, -0.2) is 54.2 Å². The van der Waals surface area contributed by atoms with Gasteiger partial charge >= 0.3 is 25.9 Å². The topological polar surface area (TPSA) is 111 Å². The molecule has 0 radical (unpaired) electrons. The highest BCUT2D eigenvalue weighted by atomic mass is 32.2. The van der Waals surface area contributed by atoms with Gasteiger partial charge in [-0.15, -0.1) is 11.8 Å². The number of thioether (sulfide) groups is 1. The summed E-state index contributed by atoms with van der Waals surface area (Å²) >= 11 is -0.347. The van der Waals surface area contributed by atoms with Gasteiger partial charge in [-0.2, -0.15) is 18.3 Å². The number of hydrogen-bond acceptors (Lipinski definition) is 7. The molecule has 136 valence electrons. The van der Waals surface area contributed by atoms with Crippen molar-refractivity contribution in [3.63, 3.8) is 0 Å². The third-order valence-electron chi connectivity index (χ3n) is 2.18. The van der Waals surface area contributed by atoms with Gasteiger partial charge in [-0.3, -0.25) is 13.8 Å². The molecule has 0 spiro atoms. The van der Waals surface area contributed by atoms with Gasteiger partial charge in [-0.25, -0.2) is 9.36 Å². The van der Waals surface area contributed by atoms with Crippen LogP contribution >= 0.6 is 19.5 Å². The third-order valence-corrected chi connectivity index (χ3v) is 5.46. The van der Waals surface area contributed by atoms with Crippen molar-refractivity contribution >= 4 is 31.4 Å². The van der Waals surface area contributed by atoms with Gasteiger partial charge in [0.2, 0.25) is 0 Å². The molecule has 0 heterocycles. The molecule has 0 aliphatic carbocycles. The first-order valence-electron chi connectivity index (χ1n) is 6.17. The molecule has 0 bridgehead atoms. The number of ether oxygens (including phenoxy) is 1. The molecule has 8 nitrogen and oxygen atoms in total. The lowest BCUT2D eigenvalue weighted by molar-refractivity contribution is -0.188. The van der Waals surface area contributed by atoms with Crippen LogP contribution in [0.5, 0.6) is 0 Å².